The molecule has 1 aliphatic rings. The fourth-order valence-electron chi connectivity index (χ4n) is 3.95. The fourth-order valence-corrected chi connectivity index (χ4v) is 3.95. The number of nitrogens with zero attached hydrogens (tertiary/aromatic N) is 3. The number of likely N-dealkylation sites (tertiary alicyclic amines) is 1. The second kappa shape index (κ2) is 9.85. The molecule has 2 N–H and O–H groups in total. The summed E-state index contributed by atoms with van der Waals surface area (Å²) in [6.07, 6.45) is 4.27. The molecular formula is C22H33N5O. The molecule has 0 aliphatic carbocycles. The third-order valence-electron chi connectivity index (χ3n) is 5.72. The molecule has 0 atom stereocenters. The number of carbonyl (C=O) groups is 1. The summed E-state index contributed by atoms with van der Waals surface area (Å²) < 4.78 is 1.89. The van der Waals surface area contributed by atoms with Gasteiger partial charge in [0.05, 0.1) is 22.8 Å². The van der Waals surface area contributed by atoms with E-state index in [1.165, 1.54) is 19.3 Å². The molecule has 0 bridgehead atoms. The lowest BCUT2D eigenvalue weighted by atomic mass is 9.93. The molecule has 3 rings (SSSR count). The van der Waals surface area contributed by atoms with Crippen LogP contribution in [0.2, 0.25) is 0 Å². The summed E-state index contributed by atoms with van der Waals surface area (Å²) in [7, 11) is 2.01. The Morgan fingerprint density at radius 3 is 2.57 bits per heavy atom. The number of piperidine rings is 1. The van der Waals surface area contributed by atoms with E-state index >= 15 is 0 Å². The van der Waals surface area contributed by atoms with Gasteiger partial charge in [0.15, 0.2) is 0 Å². The molecule has 0 spiro atoms. The number of rotatable bonds is 8. The van der Waals surface area contributed by atoms with Crippen LogP contribution in [0.4, 0.5) is 5.69 Å². The smallest absolute Gasteiger partial charge is 0.225 e. The molecule has 1 amide bonds. The number of hydrogen-bond acceptors (Lipinski definition) is 4. The van der Waals surface area contributed by atoms with Crippen LogP contribution in [0.1, 0.15) is 37.1 Å². The highest BCUT2D eigenvalue weighted by atomic mass is 16.1. The first-order chi connectivity index (χ1) is 13.6. The third kappa shape index (κ3) is 5.20. The minimum Gasteiger partial charge on any atom is -0.323 e. The van der Waals surface area contributed by atoms with Gasteiger partial charge in [-0.3, -0.25) is 4.79 Å². The van der Waals surface area contributed by atoms with Crippen molar-refractivity contribution < 1.29 is 4.79 Å². The maximum absolute atomic E-state index is 12.5. The lowest BCUT2D eigenvalue weighted by Crippen LogP contribution is -2.36. The van der Waals surface area contributed by atoms with Crippen LogP contribution in [-0.2, 0) is 4.79 Å². The van der Waals surface area contributed by atoms with Crippen LogP contribution in [0.5, 0.6) is 0 Å². The number of aryl methyl sites for hydroxylation is 1. The first kappa shape index (κ1) is 20.6. The number of para-hydroxylation sites is 1. The maximum Gasteiger partial charge on any atom is 0.225 e. The van der Waals surface area contributed by atoms with Crippen molar-refractivity contribution in [2.75, 3.05) is 38.5 Å². The number of anilines is 1. The Bertz CT molecular complexity index is 763. The molecule has 0 saturated carbocycles. The molecule has 6 heteroatoms. The van der Waals surface area contributed by atoms with Gasteiger partial charge in [-0.25, -0.2) is 4.68 Å². The van der Waals surface area contributed by atoms with Crippen molar-refractivity contribution in [1.82, 2.24) is 20.0 Å². The van der Waals surface area contributed by atoms with Gasteiger partial charge >= 0.3 is 0 Å². The van der Waals surface area contributed by atoms with Crippen LogP contribution < -0.4 is 10.6 Å². The zero-order valence-electron chi connectivity index (χ0n) is 17.4. The zero-order chi connectivity index (χ0) is 19.9. The highest BCUT2D eigenvalue weighted by Gasteiger charge is 2.20. The minimum absolute atomic E-state index is 0.0659. The molecule has 1 fully saturated rings. The first-order valence-electron chi connectivity index (χ1n) is 10.4. The van der Waals surface area contributed by atoms with E-state index in [9.17, 15) is 4.79 Å². The molecule has 0 radical (unpaired) electrons. The predicted molar refractivity (Wildman–Crippen MR) is 114 cm³/mol. The van der Waals surface area contributed by atoms with Crippen molar-refractivity contribution in [3.63, 3.8) is 0 Å². The van der Waals surface area contributed by atoms with Crippen molar-refractivity contribution in [1.29, 1.82) is 0 Å². The SMILES string of the molecule is CNCCC1CCN(CCC(=O)Nc2c(C)nn(-c3ccccc3)c2C)CC1. The monoisotopic (exact) mass is 383 g/mol. The molecule has 1 saturated heterocycles. The molecule has 1 aliphatic heterocycles. The molecule has 1 aromatic heterocycles. The largest absolute Gasteiger partial charge is 0.323 e. The van der Waals surface area contributed by atoms with Crippen molar-refractivity contribution in [2.24, 2.45) is 5.92 Å². The Morgan fingerprint density at radius 2 is 1.89 bits per heavy atom. The Hall–Kier alpha value is -2.18. The topological polar surface area (TPSA) is 62.2 Å². The average molecular weight is 384 g/mol. The van der Waals surface area contributed by atoms with E-state index in [4.69, 9.17) is 0 Å². The van der Waals surface area contributed by atoms with E-state index in [2.05, 4.69) is 20.6 Å². The number of hydrogen-bond donors (Lipinski definition) is 2. The lowest BCUT2D eigenvalue weighted by Gasteiger charge is -2.31. The van der Waals surface area contributed by atoms with Gasteiger partial charge in [0.2, 0.25) is 5.91 Å². The van der Waals surface area contributed by atoms with Crippen molar-refractivity contribution in [3.05, 3.63) is 41.7 Å². The van der Waals surface area contributed by atoms with Gasteiger partial charge in [0.1, 0.15) is 0 Å². The van der Waals surface area contributed by atoms with Crippen LogP contribution in [0.3, 0.4) is 0 Å². The number of carbonyl (C=O) groups excluding carboxylic acids is 1. The number of amides is 1. The van der Waals surface area contributed by atoms with Crippen molar-refractivity contribution >= 4 is 11.6 Å². The van der Waals surface area contributed by atoms with Crippen molar-refractivity contribution in [3.8, 4) is 5.69 Å². The molecule has 152 valence electrons. The van der Waals surface area contributed by atoms with E-state index in [1.807, 2.05) is 55.9 Å². The average Bonchev–Trinajstić information content (AvgIpc) is 3.00. The highest BCUT2D eigenvalue weighted by Crippen LogP contribution is 2.23. The highest BCUT2D eigenvalue weighted by molar-refractivity contribution is 5.92. The molecule has 0 unspecified atom stereocenters. The molecule has 28 heavy (non-hydrogen) atoms. The van der Waals surface area contributed by atoms with E-state index in [0.29, 0.717) is 6.42 Å². The number of nitrogens with one attached hydrogen (secondary N) is 2. The predicted octanol–water partition coefficient (Wildman–Crippen LogP) is 3.14. The van der Waals surface area contributed by atoms with Crippen LogP contribution in [-0.4, -0.2) is 53.8 Å². The molecule has 2 aromatic rings. The van der Waals surface area contributed by atoms with Crippen LogP contribution >= 0.6 is 0 Å². The van der Waals surface area contributed by atoms with E-state index in [1.54, 1.807) is 0 Å². The molecule has 6 nitrogen and oxygen atoms in total. The van der Waals surface area contributed by atoms with Gasteiger partial charge in [-0.15, -0.1) is 0 Å². The fraction of sp³-hybridized carbons (Fsp3) is 0.545. The first-order valence-corrected chi connectivity index (χ1v) is 10.4. The van der Waals surface area contributed by atoms with Gasteiger partial charge in [-0.05, 0) is 77.8 Å². The lowest BCUT2D eigenvalue weighted by molar-refractivity contribution is -0.116. The van der Waals surface area contributed by atoms with Crippen LogP contribution in [0.15, 0.2) is 30.3 Å². The Balaban J connectivity index is 1.50. The Kier molecular flexibility index (Phi) is 7.23. The van der Waals surface area contributed by atoms with Gasteiger partial charge < -0.3 is 15.5 Å². The summed E-state index contributed by atoms with van der Waals surface area (Å²) in [6.45, 7) is 8.08. The summed E-state index contributed by atoms with van der Waals surface area (Å²) >= 11 is 0. The Morgan fingerprint density at radius 1 is 1.18 bits per heavy atom. The van der Waals surface area contributed by atoms with E-state index in [0.717, 1.165) is 54.9 Å². The van der Waals surface area contributed by atoms with Gasteiger partial charge in [-0.1, -0.05) is 18.2 Å². The van der Waals surface area contributed by atoms with Gasteiger partial charge in [-0.2, -0.15) is 5.10 Å². The third-order valence-corrected chi connectivity index (χ3v) is 5.72. The summed E-state index contributed by atoms with van der Waals surface area (Å²) in [6, 6.07) is 10.0. The normalized spacial score (nSPS) is 15.7. The number of benzene rings is 1. The van der Waals surface area contributed by atoms with E-state index < -0.39 is 0 Å². The summed E-state index contributed by atoms with van der Waals surface area (Å²) in [4.78, 5) is 14.9. The Labute approximate surface area is 168 Å². The summed E-state index contributed by atoms with van der Waals surface area (Å²) in [5.74, 6) is 0.891. The second-order valence-corrected chi connectivity index (χ2v) is 7.77. The number of aromatic nitrogens is 2. The minimum atomic E-state index is 0.0659. The standard InChI is InChI=1S/C22H33N5O/c1-17-22(18(2)27(25-17)20-7-5-4-6-8-20)24-21(28)12-16-26-14-10-19(11-15-26)9-13-23-3/h4-8,19,23H,9-16H2,1-3H3,(H,24,28). The van der Waals surface area contributed by atoms with Gasteiger partial charge in [0, 0.05) is 13.0 Å². The molecular weight excluding hydrogens is 350 g/mol. The quantitative estimate of drug-likeness (QED) is 0.735. The van der Waals surface area contributed by atoms with Gasteiger partial charge in [0.25, 0.3) is 0 Å². The summed E-state index contributed by atoms with van der Waals surface area (Å²) in [5, 5.41) is 10.9. The summed E-state index contributed by atoms with van der Waals surface area (Å²) in [5.41, 5.74) is 3.65. The zero-order valence-corrected chi connectivity index (χ0v) is 17.4. The second-order valence-electron chi connectivity index (χ2n) is 7.77. The van der Waals surface area contributed by atoms with Crippen molar-refractivity contribution in [2.45, 2.75) is 39.5 Å². The maximum atomic E-state index is 12.5. The van der Waals surface area contributed by atoms with E-state index in [-0.39, 0.29) is 5.91 Å². The van der Waals surface area contributed by atoms with Crippen LogP contribution in [0, 0.1) is 19.8 Å². The van der Waals surface area contributed by atoms with Crippen LogP contribution in [0.25, 0.3) is 5.69 Å². The molecule has 2 heterocycles. The molecule has 1 aromatic carbocycles.